The second-order valence-electron chi connectivity index (χ2n) is 3.99. The summed E-state index contributed by atoms with van der Waals surface area (Å²) in [7, 11) is 0. The fourth-order valence-corrected chi connectivity index (χ4v) is 1.78. The summed E-state index contributed by atoms with van der Waals surface area (Å²) >= 11 is 5.83. The summed E-state index contributed by atoms with van der Waals surface area (Å²) in [6, 6.07) is 13.4. The van der Waals surface area contributed by atoms with Crippen molar-refractivity contribution in [3.8, 4) is 11.5 Å². The number of carboxylic acid groups (broad SMARTS) is 1. The normalized spacial score (nSPS) is 10.1. The van der Waals surface area contributed by atoms with Crippen LogP contribution in [0.2, 0.25) is 5.02 Å². The van der Waals surface area contributed by atoms with Crippen molar-refractivity contribution in [3.63, 3.8) is 0 Å². The first kappa shape index (κ1) is 14.2. The quantitative estimate of drug-likeness (QED) is 0.828. The van der Waals surface area contributed by atoms with Crippen LogP contribution in [0, 0.1) is 0 Å². The van der Waals surface area contributed by atoms with Crippen LogP contribution in [0.15, 0.2) is 48.5 Å². The SMILES string of the molecule is O=C(O)c1cccc(OCCOc2cccc(Cl)c2)c1. The number of halogens is 1. The number of hydrogen-bond acceptors (Lipinski definition) is 3. The Kier molecular flexibility index (Phi) is 4.85. The first-order chi connectivity index (χ1) is 9.65. The van der Waals surface area contributed by atoms with E-state index < -0.39 is 5.97 Å². The maximum atomic E-state index is 10.8. The summed E-state index contributed by atoms with van der Waals surface area (Å²) in [6.07, 6.45) is 0. The van der Waals surface area contributed by atoms with Crippen LogP contribution in [-0.4, -0.2) is 24.3 Å². The second kappa shape index (κ2) is 6.82. The average Bonchev–Trinajstić information content (AvgIpc) is 2.44. The molecule has 0 unspecified atom stereocenters. The molecule has 0 aliphatic rings. The Hall–Kier alpha value is -2.20. The van der Waals surface area contributed by atoms with Gasteiger partial charge in [-0.25, -0.2) is 4.79 Å². The highest BCUT2D eigenvalue weighted by Crippen LogP contribution is 2.17. The maximum Gasteiger partial charge on any atom is 0.335 e. The van der Waals surface area contributed by atoms with E-state index >= 15 is 0 Å². The Labute approximate surface area is 121 Å². The van der Waals surface area contributed by atoms with Crippen LogP contribution in [0.5, 0.6) is 11.5 Å². The summed E-state index contributed by atoms with van der Waals surface area (Å²) in [5.41, 5.74) is 0.193. The third kappa shape index (κ3) is 4.17. The Morgan fingerprint density at radius 1 is 1.00 bits per heavy atom. The van der Waals surface area contributed by atoms with Gasteiger partial charge in [-0.3, -0.25) is 0 Å². The Morgan fingerprint density at radius 3 is 2.20 bits per heavy atom. The minimum atomic E-state index is -0.981. The van der Waals surface area contributed by atoms with Crippen LogP contribution in [0.1, 0.15) is 10.4 Å². The van der Waals surface area contributed by atoms with Crippen molar-refractivity contribution in [2.24, 2.45) is 0 Å². The molecular weight excluding hydrogens is 280 g/mol. The highest BCUT2D eigenvalue weighted by Gasteiger charge is 2.03. The summed E-state index contributed by atoms with van der Waals surface area (Å²) in [5.74, 6) is 0.186. The van der Waals surface area contributed by atoms with Gasteiger partial charge in [0, 0.05) is 5.02 Å². The van der Waals surface area contributed by atoms with Gasteiger partial charge in [0.05, 0.1) is 5.56 Å². The molecule has 2 rings (SSSR count). The van der Waals surface area contributed by atoms with Gasteiger partial charge in [0.2, 0.25) is 0 Å². The molecule has 0 aliphatic heterocycles. The standard InChI is InChI=1S/C15H13ClO4/c16-12-4-2-6-14(10-12)20-8-7-19-13-5-1-3-11(9-13)15(17)18/h1-6,9-10H,7-8H2,(H,17,18). The van der Waals surface area contributed by atoms with Gasteiger partial charge < -0.3 is 14.6 Å². The summed E-state index contributed by atoms with van der Waals surface area (Å²) in [5, 5.41) is 9.47. The van der Waals surface area contributed by atoms with E-state index in [-0.39, 0.29) is 5.56 Å². The number of carboxylic acids is 1. The van der Waals surface area contributed by atoms with Crippen molar-refractivity contribution in [1.82, 2.24) is 0 Å². The molecule has 0 saturated heterocycles. The van der Waals surface area contributed by atoms with Crippen LogP contribution in [0.3, 0.4) is 0 Å². The highest BCUT2D eigenvalue weighted by molar-refractivity contribution is 6.30. The molecule has 0 fully saturated rings. The molecule has 4 nitrogen and oxygen atoms in total. The van der Waals surface area contributed by atoms with Crippen molar-refractivity contribution >= 4 is 17.6 Å². The predicted molar refractivity (Wildman–Crippen MR) is 75.8 cm³/mol. The van der Waals surface area contributed by atoms with Gasteiger partial charge in [-0.1, -0.05) is 23.7 Å². The average molecular weight is 293 g/mol. The molecule has 0 bridgehead atoms. The van der Waals surface area contributed by atoms with E-state index in [9.17, 15) is 4.79 Å². The zero-order chi connectivity index (χ0) is 14.4. The lowest BCUT2D eigenvalue weighted by molar-refractivity contribution is 0.0696. The summed E-state index contributed by atoms with van der Waals surface area (Å²) in [6.45, 7) is 0.660. The minimum absolute atomic E-state index is 0.193. The third-order valence-corrected chi connectivity index (χ3v) is 2.73. The number of aromatic carboxylic acids is 1. The predicted octanol–water partition coefficient (Wildman–Crippen LogP) is 3.50. The van der Waals surface area contributed by atoms with Crippen molar-refractivity contribution < 1.29 is 19.4 Å². The van der Waals surface area contributed by atoms with E-state index in [0.717, 1.165) is 0 Å². The van der Waals surface area contributed by atoms with Gasteiger partial charge in [-0.05, 0) is 36.4 Å². The maximum absolute atomic E-state index is 10.8. The van der Waals surface area contributed by atoms with Gasteiger partial charge >= 0.3 is 5.97 Å². The molecule has 0 radical (unpaired) electrons. The fraction of sp³-hybridized carbons (Fsp3) is 0.133. The summed E-state index contributed by atoms with van der Waals surface area (Å²) in [4.78, 5) is 10.8. The molecular formula is C15H13ClO4. The molecule has 2 aromatic rings. The van der Waals surface area contributed by atoms with Crippen molar-refractivity contribution in [2.45, 2.75) is 0 Å². The first-order valence-corrected chi connectivity index (χ1v) is 6.37. The molecule has 104 valence electrons. The van der Waals surface area contributed by atoms with E-state index in [4.69, 9.17) is 26.2 Å². The molecule has 2 aromatic carbocycles. The van der Waals surface area contributed by atoms with Gasteiger partial charge in [0.15, 0.2) is 0 Å². The molecule has 0 saturated carbocycles. The number of carbonyl (C=O) groups is 1. The molecule has 0 heterocycles. The molecule has 0 aromatic heterocycles. The first-order valence-electron chi connectivity index (χ1n) is 6.00. The Morgan fingerprint density at radius 2 is 1.60 bits per heavy atom. The smallest absolute Gasteiger partial charge is 0.335 e. The number of rotatable bonds is 6. The highest BCUT2D eigenvalue weighted by atomic mass is 35.5. The van der Waals surface area contributed by atoms with Gasteiger partial charge in [0.1, 0.15) is 24.7 Å². The zero-order valence-corrected chi connectivity index (χ0v) is 11.3. The number of benzene rings is 2. The van der Waals surface area contributed by atoms with E-state index in [1.54, 1.807) is 36.4 Å². The van der Waals surface area contributed by atoms with Crippen LogP contribution in [-0.2, 0) is 0 Å². The molecule has 20 heavy (non-hydrogen) atoms. The molecule has 1 N–H and O–H groups in total. The van der Waals surface area contributed by atoms with E-state index in [1.807, 2.05) is 0 Å². The molecule has 0 amide bonds. The molecule has 0 atom stereocenters. The molecule has 5 heteroatoms. The van der Waals surface area contributed by atoms with Crippen molar-refractivity contribution in [1.29, 1.82) is 0 Å². The molecule has 0 spiro atoms. The van der Waals surface area contributed by atoms with Gasteiger partial charge in [0.25, 0.3) is 0 Å². The number of hydrogen-bond donors (Lipinski definition) is 1. The van der Waals surface area contributed by atoms with Crippen LogP contribution < -0.4 is 9.47 Å². The van der Waals surface area contributed by atoms with Crippen LogP contribution in [0.4, 0.5) is 0 Å². The van der Waals surface area contributed by atoms with E-state index in [2.05, 4.69) is 0 Å². The van der Waals surface area contributed by atoms with Crippen molar-refractivity contribution in [3.05, 3.63) is 59.1 Å². The van der Waals surface area contributed by atoms with Gasteiger partial charge in [-0.2, -0.15) is 0 Å². The lowest BCUT2D eigenvalue weighted by Gasteiger charge is -2.09. The lowest BCUT2D eigenvalue weighted by Crippen LogP contribution is -2.09. The third-order valence-electron chi connectivity index (χ3n) is 2.50. The topological polar surface area (TPSA) is 55.8 Å². The lowest BCUT2D eigenvalue weighted by atomic mass is 10.2. The Balaban J connectivity index is 1.81. The monoisotopic (exact) mass is 292 g/mol. The van der Waals surface area contributed by atoms with Crippen molar-refractivity contribution in [2.75, 3.05) is 13.2 Å². The Bertz CT molecular complexity index is 598. The number of ether oxygens (including phenoxy) is 2. The van der Waals surface area contributed by atoms with Crippen LogP contribution in [0.25, 0.3) is 0 Å². The minimum Gasteiger partial charge on any atom is -0.490 e. The second-order valence-corrected chi connectivity index (χ2v) is 4.42. The van der Waals surface area contributed by atoms with Crippen LogP contribution >= 0.6 is 11.6 Å². The fourth-order valence-electron chi connectivity index (χ4n) is 1.59. The molecule has 0 aliphatic carbocycles. The summed E-state index contributed by atoms with van der Waals surface area (Å²) < 4.78 is 10.9. The van der Waals surface area contributed by atoms with E-state index in [1.165, 1.54) is 12.1 Å². The van der Waals surface area contributed by atoms with Gasteiger partial charge in [-0.15, -0.1) is 0 Å². The zero-order valence-electron chi connectivity index (χ0n) is 10.6. The largest absolute Gasteiger partial charge is 0.490 e. The van der Waals surface area contributed by atoms with E-state index in [0.29, 0.717) is 29.7 Å².